The summed E-state index contributed by atoms with van der Waals surface area (Å²) in [6, 6.07) is 1.83. The Morgan fingerprint density at radius 3 is 2.95 bits per heavy atom. The topological polar surface area (TPSA) is 83.9 Å². The highest BCUT2D eigenvalue weighted by molar-refractivity contribution is 5.91. The van der Waals surface area contributed by atoms with Crippen LogP contribution in [0.5, 0.6) is 0 Å². The lowest BCUT2D eigenvalue weighted by molar-refractivity contribution is 0.0750. The molecule has 1 amide bonds. The molecule has 2 rings (SSSR count). The molecule has 0 spiro atoms. The van der Waals surface area contributed by atoms with Gasteiger partial charge in [0.1, 0.15) is 5.69 Å². The SMILES string of the molecule is CCN(CCn1cccn1)C(=O)c1cncc(=O)[nH]1. The molecule has 2 aromatic rings. The smallest absolute Gasteiger partial charge is 0.272 e. The zero-order valence-electron chi connectivity index (χ0n) is 10.6. The number of hydrogen-bond donors (Lipinski definition) is 1. The summed E-state index contributed by atoms with van der Waals surface area (Å²) in [6.07, 6.45) is 6.03. The zero-order chi connectivity index (χ0) is 13.7. The number of carbonyl (C=O) groups excluding carboxylic acids is 1. The van der Waals surface area contributed by atoms with E-state index in [1.807, 2.05) is 19.2 Å². The molecule has 0 radical (unpaired) electrons. The Morgan fingerprint density at radius 1 is 1.47 bits per heavy atom. The second-order valence-corrected chi connectivity index (χ2v) is 3.96. The molecule has 0 aliphatic heterocycles. The summed E-state index contributed by atoms with van der Waals surface area (Å²) >= 11 is 0. The van der Waals surface area contributed by atoms with Gasteiger partial charge in [-0.2, -0.15) is 5.10 Å². The van der Waals surface area contributed by atoms with Crippen molar-refractivity contribution in [3.63, 3.8) is 0 Å². The van der Waals surface area contributed by atoms with Gasteiger partial charge in [0.05, 0.1) is 18.9 Å². The Hall–Kier alpha value is -2.44. The van der Waals surface area contributed by atoms with Gasteiger partial charge in [-0.1, -0.05) is 0 Å². The number of aromatic nitrogens is 4. The molecule has 100 valence electrons. The van der Waals surface area contributed by atoms with Crippen LogP contribution >= 0.6 is 0 Å². The van der Waals surface area contributed by atoms with Crippen molar-refractivity contribution in [2.45, 2.75) is 13.5 Å². The first-order chi connectivity index (χ1) is 9.20. The number of H-pyrrole nitrogens is 1. The lowest BCUT2D eigenvalue weighted by Gasteiger charge is -2.20. The maximum absolute atomic E-state index is 12.2. The summed E-state index contributed by atoms with van der Waals surface area (Å²) in [5, 5.41) is 4.08. The van der Waals surface area contributed by atoms with Crippen LogP contribution in [0.3, 0.4) is 0 Å². The average molecular weight is 261 g/mol. The van der Waals surface area contributed by atoms with Crippen LogP contribution < -0.4 is 5.56 Å². The van der Waals surface area contributed by atoms with Gasteiger partial charge in [-0.05, 0) is 13.0 Å². The van der Waals surface area contributed by atoms with Gasteiger partial charge in [-0.3, -0.25) is 19.3 Å². The second-order valence-electron chi connectivity index (χ2n) is 3.96. The molecule has 0 atom stereocenters. The number of nitrogens with zero attached hydrogens (tertiary/aromatic N) is 4. The van der Waals surface area contributed by atoms with Crippen molar-refractivity contribution >= 4 is 5.91 Å². The molecule has 7 nitrogen and oxygen atoms in total. The van der Waals surface area contributed by atoms with Crippen molar-refractivity contribution < 1.29 is 4.79 Å². The Labute approximate surface area is 109 Å². The third-order valence-electron chi connectivity index (χ3n) is 2.71. The monoisotopic (exact) mass is 261 g/mol. The number of aromatic amines is 1. The summed E-state index contributed by atoms with van der Waals surface area (Å²) in [7, 11) is 0. The van der Waals surface area contributed by atoms with E-state index in [1.165, 1.54) is 6.20 Å². The largest absolute Gasteiger partial charge is 0.336 e. The predicted molar refractivity (Wildman–Crippen MR) is 68.7 cm³/mol. The van der Waals surface area contributed by atoms with Crippen molar-refractivity contribution in [1.29, 1.82) is 0 Å². The third-order valence-corrected chi connectivity index (χ3v) is 2.71. The lowest BCUT2D eigenvalue weighted by atomic mass is 10.3. The van der Waals surface area contributed by atoms with E-state index in [1.54, 1.807) is 15.8 Å². The first-order valence-electron chi connectivity index (χ1n) is 6.01. The van der Waals surface area contributed by atoms with Crippen molar-refractivity contribution in [2.75, 3.05) is 13.1 Å². The maximum Gasteiger partial charge on any atom is 0.272 e. The van der Waals surface area contributed by atoms with Crippen molar-refractivity contribution in [3.8, 4) is 0 Å². The molecule has 19 heavy (non-hydrogen) atoms. The number of rotatable bonds is 5. The van der Waals surface area contributed by atoms with Gasteiger partial charge in [0.2, 0.25) is 0 Å². The van der Waals surface area contributed by atoms with Crippen LogP contribution in [-0.2, 0) is 6.54 Å². The molecule has 2 aromatic heterocycles. The highest BCUT2D eigenvalue weighted by Crippen LogP contribution is 1.99. The average Bonchev–Trinajstić information content (AvgIpc) is 2.92. The van der Waals surface area contributed by atoms with Crippen LogP contribution in [0.4, 0.5) is 0 Å². The lowest BCUT2D eigenvalue weighted by Crippen LogP contribution is -2.35. The van der Waals surface area contributed by atoms with E-state index in [4.69, 9.17) is 0 Å². The molecule has 0 bridgehead atoms. The molecule has 0 aliphatic rings. The fourth-order valence-corrected chi connectivity index (χ4v) is 1.71. The summed E-state index contributed by atoms with van der Waals surface area (Å²) in [5.41, 5.74) is -0.177. The van der Waals surface area contributed by atoms with Gasteiger partial charge in [0.15, 0.2) is 0 Å². The molecule has 0 saturated heterocycles. The summed E-state index contributed by atoms with van der Waals surface area (Å²) in [6.45, 7) is 3.57. The van der Waals surface area contributed by atoms with Gasteiger partial charge in [0, 0.05) is 25.5 Å². The van der Waals surface area contributed by atoms with E-state index in [2.05, 4.69) is 15.1 Å². The van der Waals surface area contributed by atoms with E-state index in [0.717, 1.165) is 6.20 Å². The molecular formula is C12H15N5O2. The van der Waals surface area contributed by atoms with Crippen molar-refractivity contribution in [3.05, 3.63) is 46.9 Å². The minimum atomic E-state index is -0.381. The first-order valence-corrected chi connectivity index (χ1v) is 6.01. The molecule has 7 heteroatoms. The minimum absolute atomic E-state index is 0.204. The highest BCUT2D eigenvalue weighted by Gasteiger charge is 2.15. The number of carbonyl (C=O) groups is 1. The van der Waals surface area contributed by atoms with Crippen LogP contribution in [0.25, 0.3) is 0 Å². The number of amides is 1. The quantitative estimate of drug-likeness (QED) is 0.829. The van der Waals surface area contributed by atoms with E-state index in [0.29, 0.717) is 19.6 Å². The van der Waals surface area contributed by atoms with E-state index in [-0.39, 0.29) is 17.2 Å². The summed E-state index contributed by atoms with van der Waals surface area (Å²) < 4.78 is 1.75. The van der Waals surface area contributed by atoms with E-state index < -0.39 is 0 Å². The maximum atomic E-state index is 12.2. The molecule has 2 heterocycles. The molecule has 0 aliphatic carbocycles. The Morgan fingerprint density at radius 2 is 2.32 bits per heavy atom. The van der Waals surface area contributed by atoms with Crippen LogP contribution in [0.15, 0.2) is 35.6 Å². The van der Waals surface area contributed by atoms with Crippen LogP contribution in [0.2, 0.25) is 0 Å². The van der Waals surface area contributed by atoms with E-state index >= 15 is 0 Å². The van der Waals surface area contributed by atoms with E-state index in [9.17, 15) is 9.59 Å². The Bertz CT molecular complexity index is 590. The normalized spacial score (nSPS) is 10.4. The molecular weight excluding hydrogens is 246 g/mol. The summed E-state index contributed by atoms with van der Waals surface area (Å²) in [4.78, 5) is 31.2. The van der Waals surface area contributed by atoms with Gasteiger partial charge in [-0.15, -0.1) is 0 Å². The molecule has 0 unspecified atom stereocenters. The van der Waals surface area contributed by atoms with Crippen LogP contribution in [-0.4, -0.2) is 43.6 Å². The van der Waals surface area contributed by atoms with Crippen molar-refractivity contribution in [2.24, 2.45) is 0 Å². The number of nitrogens with one attached hydrogen (secondary N) is 1. The fraction of sp³-hybridized carbons (Fsp3) is 0.333. The van der Waals surface area contributed by atoms with Gasteiger partial charge in [-0.25, -0.2) is 0 Å². The number of hydrogen-bond acceptors (Lipinski definition) is 4. The first kappa shape index (κ1) is 13.0. The summed E-state index contributed by atoms with van der Waals surface area (Å²) in [5.74, 6) is -0.236. The Kier molecular flexibility index (Phi) is 4.07. The Balaban J connectivity index is 2.04. The van der Waals surface area contributed by atoms with Gasteiger partial charge < -0.3 is 9.88 Å². The molecule has 0 fully saturated rings. The number of likely N-dealkylation sites (N-methyl/N-ethyl adjacent to an activating group) is 1. The standard InChI is InChI=1S/C12H15N5O2/c1-2-16(6-7-17-5-3-4-14-17)12(19)10-8-13-9-11(18)15-10/h3-5,8-9H,2,6-7H2,1H3,(H,15,18). The zero-order valence-corrected chi connectivity index (χ0v) is 10.6. The second kappa shape index (κ2) is 5.94. The van der Waals surface area contributed by atoms with Gasteiger partial charge in [0.25, 0.3) is 11.5 Å². The minimum Gasteiger partial charge on any atom is -0.336 e. The third kappa shape index (κ3) is 3.27. The van der Waals surface area contributed by atoms with Crippen LogP contribution in [0, 0.1) is 0 Å². The molecule has 1 N–H and O–H groups in total. The van der Waals surface area contributed by atoms with Crippen LogP contribution in [0.1, 0.15) is 17.4 Å². The highest BCUT2D eigenvalue weighted by atomic mass is 16.2. The molecule has 0 saturated carbocycles. The predicted octanol–water partition coefficient (Wildman–Crippen LogP) is 0.129. The van der Waals surface area contributed by atoms with Gasteiger partial charge >= 0.3 is 0 Å². The van der Waals surface area contributed by atoms with Crippen molar-refractivity contribution in [1.82, 2.24) is 24.6 Å². The fourth-order valence-electron chi connectivity index (χ4n) is 1.71. The molecule has 0 aromatic carbocycles.